The SMILES string of the molecule is CCn1c(SCC(=O)Nc2ncccc2C)nnc1[C@H](NC(=O)c1ccc(C)cc1)C(C)C. The Morgan fingerprint density at radius 2 is 1.82 bits per heavy atom. The minimum Gasteiger partial charge on any atom is -0.342 e. The van der Waals surface area contributed by atoms with E-state index in [1.54, 1.807) is 6.20 Å². The minimum atomic E-state index is -0.314. The number of aromatic nitrogens is 4. The molecule has 2 aromatic heterocycles. The van der Waals surface area contributed by atoms with Gasteiger partial charge in [-0.1, -0.05) is 49.4 Å². The van der Waals surface area contributed by atoms with Crippen molar-refractivity contribution in [2.24, 2.45) is 5.92 Å². The van der Waals surface area contributed by atoms with E-state index in [1.165, 1.54) is 11.8 Å². The molecule has 2 N–H and O–H groups in total. The van der Waals surface area contributed by atoms with Crippen LogP contribution >= 0.6 is 11.8 Å². The lowest BCUT2D eigenvalue weighted by atomic mass is 10.0. The molecule has 3 rings (SSSR count). The van der Waals surface area contributed by atoms with E-state index in [0.29, 0.717) is 28.9 Å². The van der Waals surface area contributed by atoms with Crippen LogP contribution in [-0.2, 0) is 11.3 Å². The molecule has 0 spiro atoms. The molecular formula is C24H30N6O2S. The van der Waals surface area contributed by atoms with Crippen molar-refractivity contribution in [1.29, 1.82) is 0 Å². The van der Waals surface area contributed by atoms with Crippen LogP contribution in [0.3, 0.4) is 0 Å². The number of pyridine rings is 1. The Morgan fingerprint density at radius 1 is 1.09 bits per heavy atom. The van der Waals surface area contributed by atoms with Crippen LogP contribution < -0.4 is 10.6 Å². The summed E-state index contributed by atoms with van der Waals surface area (Å²) in [5.74, 6) is 1.19. The molecule has 1 atom stereocenters. The summed E-state index contributed by atoms with van der Waals surface area (Å²) in [6.45, 7) is 10.6. The van der Waals surface area contributed by atoms with Crippen LogP contribution in [0, 0.1) is 19.8 Å². The number of thioether (sulfide) groups is 1. The van der Waals surface area contributed by atoms with Crippen molar-refractivity contribution in [2.45, 2.75) is 52.4 Å². The van der Waals surface area contributed by atoms with E-state index < -0.39 is 0 Å². The Morgan fingerprint density at radius 3 is 2.45 bits per heavy atom. The molecule has 0 radical (unpaired) electrons. The number of carbonyl (C=O) groups is 2. The highest BCUT2D eigenvalue weighted by Gasteiger charge is 2.26. The van der Waals surface area contributed by atoms with Crippen LogP contribution in [0.2, 0.25) is 0 Å². The zero-order valence-electron chi connectivity index (χ0n) is 19.6. The predicted molar refractivity (Wildman–Crippen MR) is 130 cm³/mol. The second kappa shape index (κ2) is 11.1. The molecular weight excluding hydrogens is 436 g/mol. The van der Waals surface area contributed by atoms with Crippen LogP contribution in [0.15, 0.2) is 47.8 Å². The number of nitrogens with one attached hydrogen (secondary N) is 2. The van der Waals surface area contributed by atoms with Crippen molar-refractivity contribution in [2.75, 3.05) is 11.1 Å². The molecule has 1 aromatic carbocycles. The van der Waals surface area contributed by atoms with Gasteiger partial charge in [0.15, 0.2) is 11.0 Å². The zero-order valence-corrected chi connectivity index (χ0v) is 20.4. The third-order valence-electron chi connectivity index (χ3n) is 5.21. The van der Waals surface area contributed by atoms with E-state index in [0.717, 1.165) is 11.1 Å². The van der Waals surface area contributed by atoms with Gasteiger partial charge in [-0.15, -0.1) is 10.2 Å². The molecule has 0 saturated heterocycles. The topological polar surface area (TPSA) is 102 Å². The smallest absolute Gasteiger partial charge is 0.251 e. The molecule has 2 heterocycles. The fraction of sp³-hybridized carbons (Fsp3) is 0.375. The third kappa shape index (κ3) is 6.19. The van der Waals surface area contributed by atoms with Gasteiger partial charge in [0.05, 0.1) is 11.8 Å². The van der Waals surface area contributed by atoms with Gasteiger partial charge in [0, 0.05) is 18.3 Å². The number of rotatable bonds is 9. The van der Waals surface area contributed by atoms with Gasteiger partial charge in [0.1, 0.15) is 5.82 Å². The maximum atomic E-state index is 12.8. The normalized spacial score (nSPS) is 11.9. The molecule has 0 fully saturated rings. The fourth-order valence-corrected chi connectivity index (χ4v) is 4.12. The summed E-state index contributed by atoms with van der Waals surface area (Å²) in [5.41, 5.74) is 2.60. The number of anilines is 1. The van der Waals surface area contributed by atoms with E-state index in [4.69, 9.17) is 0 Å². The molecule has 0 aliphatic heterocycles. The molecule has 174 valence electrons. The summed E-state index contributed by atoms with van der Waals surface area (Å²) in [6.07, 6.45) is 1.65. The maximum Gasteiger partial charge on any atom is 0.251 e. The van der Waals surface area contributed by atoms with Crippen LogP contribution in [0.1, 0.15) is 54.1 Å². The van der Waals surface area contributed by atoms with E-state index in [-0.39, 0.29) is 29.5 Å². The number of hydrogen-bond acceptors (Lipinski definition) is 6. The zero-order chi connectivity index (χ0) is 24.0. The highest BCUT2D eigenvalue weighted by atomic mass is 32.2. The molecule has 2 amide bonds. The van der Waals surface area contributed by atoms with Gasteiger partial charge >= 0.3 is 0 Å². The first-order valence-corrected chi connectivity index (χ1v) is 11.9. The van der Waals surface area contributed by atoms with Crippen LogP contribution in [0.25, 0.3) is 0 Å². The maximum absolute atomic E-state index is 12.8. The van der Waals surface area contributed by atoms with Gasteiger partial charge in [0.25, 0.3) is 5.91 Å². The first-order chi connectivity index (χ1) is 15.8. The van der Waals surface area contributed by atoms with Crippen LogP contribution in [-0.4, -0.2) is 37.3 Å². The lowest BCUT2D eigenvalue weighted by Gasteiger charge is -2.22. The highest BCUT2D eigenvalue weighted by molar-refractivity contribution is 7.99. The second-order valence-corrected chi connectivity index (χ2v) is 9.09. The van der Waals surface area contributed by atoms with Crippen molar-refractivity contribution in [3.8, 4) is 0 Å². The highest BCUT2D eigenvalue weighted by Crippen LogP contribution is 2.26. The lowest BCUT2D eigenvalue weighted by molar-refractivity contribution is -0.113. The molecule has 33 heavy (non-hydrogen) atoms. The number of amides is 2. The number of aryl methyl sites for hydroxylation is 2. The van der Waals surface area contributed by atoms with Crippen molar-refractivity contribution in [3.05, 3.63) is 65.1 Å². The van der Waals surface area contributed by atoms with Crippen molar-refractivity contribution in [3.63, 3.8) is 0 Å². The Bertz CT molecular complexity index is 1110. The van der Waals surface area contributed by atoms with Gasteiger partial charge in [-0.25, -0.2) is 4.98 Å². The Balaban J connectivity index is 1.71. The van der Waals surface area contributed by atoms with Crippen LogP contribution in [0.4, 0.5) is 5.82 Å². The van der Waals surface area contributed by atoms with Gasteiger partial charge in [-0.2, -0.15) is 0 Å². The largest absolute Gasteiger partial charge is 0.342 e. The molecule has 0 aliphatic rings. The number of benzene rings is 1. The summed E-state index contributed by atoms with van der Waals surface area (Å²) in [6, 6.07) is 10.9. The average molecular weight is 467 g/mol. The fourth-order valence-electron chi connectivity index (χ4n) is 3.31. The van der Waals surface area contributed by atoms with Gasteiger partial charge in [-0.3, -0.25) is 9.59 Å². The molecule has 0 unspecified atom stereocenters. The average Bonchev–Trinajstić information content (AvgIpc) is 3.20. The summed E-state index contributed by atoms with van der Waals surface area (Å²) in [4.78, 5) is 29.5. The Kier molecular flexibility index (Phi) is 8.21. The van der Waals surface area contributed by atoms with E-state index in [2.05, 4.69) is 25.8 Å². The van der Waals surface area contributed by atoms with E-state index in [9.17, 15) is 9.59 Å². The standard InChI is InChI=1S/C24H30N6O2S/c1-6-30-22(20(15(2)3)27-23(32)18-11-9-16(4)10-12-18)28-29-24(30)33-14-19(31)26-21-17(5)8-7-13-25-21/h7-13,15,20H,6,14H2,1-5H3,(H,27,32)(H,25,26,31)/t20-/m1/s1. The van der Waals surface area contributed by atoms with Crippen molar-refractivity contribution < 1.29 is 9.59 Å². The number of carbonyl (C=O) groups excluding carboxylic acids is 2. The number of hydrogen-bond donors (Lipinski definition) is 2. The van der Waals surface area contributed by atoms with Gasteiger partial charge in [0.2, 0.25) is 5.91 Å². The van der Waals surface area contributed by atoms with Gasteiger partial charge < -0.3 is 15.2 Å². The molecule has 0 aliphatic carbocycles. The van der Waals surface area contributed by atoms with Crippen LogP contribution in [0.5, 0.6) is 0 Å². The van der Waals surface area contributed by atoms with Crippen molar-refractivity contribution >= 4 is 29.4 Å². The predicted octanol–water partition coefficient (Wildman–Crippen LogP) is 4.17. The van der Waals surface area contributed by atoms with E-state index >= 15 is 0 Å². The molecule has 9 heteroatoms. The second-order valence-electron chi connectivity index (χ2n) is 8.15. The molecule has 0 bridgehead atoms. The summed E-state index contributed by atoms with van der Waals surface area (Å²) in [7, 11) is 0. The third-order valence-corrected chi connectivity index (χ3v) is 6.17. The molecule has 0 saturated carbocycles. The summed E-state index contributed by atoms with van der Waals surface area (Å²) >= 11 is 1.31. The van der Waals surface area contributed by atoms with Crippen molar-refractivity contribution in [1.82, 2.24) is 25.1 Å². The van der Waals surface area contributed by atoms with E-state index in [1.807, 2.05) is 75.6 Å². The number of nitrogens with zero attached hydrogens (tertiary/aromatic N) is 4. The Hall–Kier alpha value is -3.20. The quantitative estimate of drug-likeness (QED) is 0.459. The minimum absolute atomic E-state index is 0.0992. The Labute approximate surface area is 198 Å². The first kappa shape index (κ1) is 24.4. The molecule has 8 nitrogen and oxygen atoms in total. The van der Waals surface area contributed by atoms with Gasteiger partial charge in [-0.05, 0) is 50.5 Å². The lowest BCUT2D eigenvalue weighted by Crippen LogP contribution is -2.33. The summed E-state index contributed by atoms with van der Waals surface area (Å²) < 4.78 is 1.95. The first-order valence-electron chi connectivity index (χ1n) is 10.9. The monoisotopic (exact) mass is 466 g/mol. The molecule has 3 aromatic rings. The summed E-state index contributed by atoms with van der Waals surface area (Å²) in [5, 5.41) is 15.3.